The number of rotatable bonds is 6. The molecule has 1 heterocycles. The summed E-state index contributed by atoms with van der Waals surface area (Å²) in [5.74, 6) is 0.229. The third kappa shape index (κ3) is 3.43. The molecule has 3 rings (SSSR count). The first-order valence-electron chi connectivity index (χ1n) is 7.72. The molecule has 1 aliphatic rings. The van der Waals surface area contributed by atoms with Gasteiger partial charge in [-0.25, -0.2) is 4.98 Å². The van der Waals surface area contributed by atoms with E-state index in [0.29, 0.717) is 18.2 Å². The maximum absolute atomic E-state index is 12.8. The molecule has 1 atom stereocenters. The molecule has 6 heteroatoms. The molecule has 0 aliphatic heterocycles. The van der Waals surface area contributed by atoms with E-state index in [1.807, 2.05) is 41.2 Å². The molecule has 1 aromatic heterocycles. The first-order chi connectivity index (χ1) is 11.1. The van der Waals surface area contributed by atoms with Crippen LogP contribution in [0.15, 0.2) is 41.7 Å². The number of thioether (sulfide) groups is 1. The van der Waals surface area contributed by atoms with Crippen molar-refractivity contribution in [2.45, 2.75) is 24.1 Å². The fourth-order valence-corrected chi connectivity index (χ4v) is 3.19. The lowest BCUT2D eigenvalue weighted by molar-refractivity contribution is 0.0638. The van der Waals surface area contributed by atoms with Gasteiger partial charge < -0.3 is 10.0 Å². The molecule has 1 aromatic carbocycles. The Labute approximate surface area is 140 Å². The van der Waals surface area contributed by atoms with Gasteiger partial charge in [-0.1, -0.05) is 30.0 Å². The molecule has 5 nitrogen and oxygen atoms in total. The van der Waals surface area contributed by atoms with Crippen LogP contribution in [0.25, 0.3) is 5.69 Å². The second-order valence-electron chi connectivity index (χ2n) is 5.89. The lowest BCUT2D eigenvalue weighted by atomic mass is 10.2. The number of carbonyl (C=O) groups is 1. The van der Waals surface area contributed by atoms with Crippen molar-refractivity contribution in [1.29, 1.82) is 0 Å². The smallest absolute Gasteiger partial charge is 0.272 e. The van der Waals surface area contributed by atoms with Crippen LogP contribution in [0.1, 0.15) is 23.3 Å². The second kappa shape index (κ2) is 6.76. The van der Waals surface area contributed by atoms with Crippen LogP contribution in [0, 0.1) is 5.92 Å². The monoisotopic (exact) mass is 331 g/mol. The summed E-state index contributed by atoms with van der Waals surface area (Å²) in [6, 6.07) is 9.73. The van der Waals surface area contributed by atoms with Gasteiger partial charge >= 0.3 is 0 Å². The quantitative estimate of drug-likeness (QED) is 0.826. The fourth-order valence-electron chi connectivity index (χ4n) is 2.65. The van der Waals surface area contributed by atoms with E-state index in [9.17, 15) is 9.90 Å². The molecular formula is C17H21N3O2S. The van der Waals surface area contributed by atoms with Crippen molar-refractivity contribution in [2.24, 2.45) is 5.92 Å². The van der Waals surface area contributed by atoms with Crippen LogP contribution in [-0.4, -0.2) is 51.4 Å². The van der Waals surface area contributed by atoms with Gasteiger partial charge in [-0.05, 0) is 37.1 Å². The number of aliphatic hydroxyl groups excluding tert-OH is 1. The maximum atomic E-state index is 12.8. The van der Waals surface area contributed by atoms with Crippen LogP contribution >= 0.6 is 11.8 Å². The van der Waals surface area contributed by atoms with Crippen molar-refractivity contribution in [1.82, 2.24) is 14.5 Å². The number of carbonyl (C=O) groups excluding carboxylic acids is 1. The van der Waals surface area contributed by atoms with Gasteiger partial charge in [-0.15, -0.1) is 0 Å². The number of aliphatic hydroxyl groups is 1. The Morgan fingerprint density at radius 2 is 2.13 bits per heavy atom. The van der Waals surface area contributed by atoms with Crippen LogP contribution in [0.4, 0.5) is 0 Å². The standard InChI is InChI=1S/C17H21N3O2S/c1-19(11-15(21)12-8-9-12)16(22)14-10-18-17(23-2)20(14)13-6-4-3-5-7-13/h3-7,10,12,15,21H,8-9,11H2,1-2H3. The van der Waals surface area contributed by atoms with Crippen molar-refractivity contribution in [2.75, 3.05) is 19.8 Å². The minimum Gasteiger partial charge on any atom is -0.391 e. The number of hydrogen-bond donors (Lipinski definition) is 1. The predicted molar refractivity (Wildman–Crippen MR) is 91.0 cm³/mol. The van der Waals surface area contributed by atoms with Crippen molar-refractivity contribution < 1.29 is 9.90 Å². The van der Waals surface area contributed by atoms with Gasteiger partial charge in [0.1, 0.15) is 5.69 Å². The number of benzene rings is 1. The van der Waals surface area contributed by atoms with Gasteiger partial charge in [-0.3, -0.25) is 9.36 Å². The summed E-state index contributed by atoms with van der Waals surface area (Å²) in [5.41, 5.74) is 1.43. The van der Waals surface area contributed by atoms with E-state index in [4.69, 9.17) is 0 Å². The van der Waals surface area contributed by atoms with E-state index in [-0.39, 0.29) is 5.91 Å². The van der Waals surface area contributed by atoms with E-state index in [1.165, 1.54) is 11.8 Å². The molecule has 1 amide bonds. The molecule has 0 radical (unpaired) electrons. The highest BCUT2D eigenvalue weighted by Crippen LogP contribution is 2.33. The number of para-hydroxylation sites is 1. The largest absolute Gasteiger partial charge is 0.391 e. The van der Waals surface area contributed by atoms with Crippen LogP contribution in [-0.2, 0) is 0 Å². The maximum Gasteiger partial charge on any atom is 0.272 e. The Morgan fingerprint density at radius 3 is 2.74 bits per heavy atom. The molecular weight excluding hydrogens is 310 g/mol. The highest BCUT2D eigenvalue weighted by atomic mass is 32.2. The average Bonchev–Trinajstić information content (AvgIpc) is 3.34. The molecule has 122 valence electrons. The molecule has 0 saturated heterocycles. The minimum absolute atomic E-state index is 0.124. The molecule has 0 spiro atoms. The molecule has 1 saturated carbocycles. The summed E-state index contributed by atoms with van der Waals surface area (Å²) in [5, 5.41) is 10.8. The van der Waals surface area contributed by atoms with Crippen LogP contribution in [0.3, 0.4) is 0 Å². The molecule has 23 heavy (non-hydrogen) atoms. The number of imidazole rings is 1. The Bertz CT molecular complexity index is 682. The normalized spacial score (nSPS) is 15.4. The van der Waals surface area contributed by atoms with E-state index in [1.54, 1.807) is 18.1 Å². The van der Waals surface area contributed by atoms with E-state index >= 15 is 0 Å². The number of aromatic nitrogens is 2. The van der Waals surface area contributed by atoms with Gasteiger partial charge in [0.05, 0.1) is 12.3 Å². The van der Waals surface area contributed by atoms with Gasteiger partial charge in [0, 0.05) is 19.3 Å². The number of amides is 1. The summed E-state index contributed by atoms with van der Waals surface area (Å²) < 4.78 is 1.87. The van der Waals surface area contributed by atoms with Crippen molar-refractivity contribution in [3.05, 3.63) is 42.2 Å². The zero-order valence-electron chi connectivity index (χ0n) is 13.3. The lowest BCUT2D eigenvalue weighted by Crippen LogP contribution is -2.36. The van der Waals surface area contributed by atoms with Gasteiger partial charge in [-0.2, -0.15) is 0 Å². The van der Waals surface area contributed by atoms with Crippen molar-refractivity contribution >= 4 is 17.7 Å². The molecule has 1 fully saturated rings. The molecule has 0 bridgehead atoms. The zero-order chi connectivity index (χ0) is 16.4. The summed E-state index contributed by atoms with van der Waals surface area (Å²) in [6.45, 7) is 0.359. The molecule has 1 unspecified atom stereocenters. The lowest BCUT2D eigenvalue weighted by Gasteiger charge is -2.21. The predicted octanol–water partition coefficient (Wildman–Crippen LogP) is 2.44. The summed E-state index contributed by atoms with van der Waals surface area (Å²) in [7, 11) is 1.73. The topological polar surface area (TPSA) is 58.4 Å². The van der Waals surface area contributed by atoms with Gasteiger partial charge in [0.2, 0.25) is 0 Å². The first kappa shape index (κ1) is 16.1. The van der Waals surface area contributed by atoms with Crippen LogP contribution in [0.5, 0.6) is 0 Å². The summed E-state index contributed by atoms with van der Waals surface area (Å²) in [4.78, 5) is 18.7. The summed E-state index contributed by atoms with van der Waals surface area (Å²) >= 11 is 1.50. The summed E-state index contributed by atoms with van der Waals surface area (Å²) in [6.07, 6.45) is 5.23. The van der Waals surface area contributed by atoms with E-state index in [2.05, 4.69) is 4.98 Å². The number of likely N-dealkylation sites (N-methyl/N-ethyl adjacent to an activating group) is 1. The second-order valence-corrected chi connectivity index (χ2v) is 6.66. The van der Waals surface area contributed by atoms with Crippen molar-refractivity contribution in [3.8, 4) is 5.69 Å². The first-order valence-corrected chi connectivity index (χ1v) is 8.95. The Morgan fingerprint density at radius 1 is 1.43 bits per heavy atom. The third-order valence-corrected chi connectivity index (χ3v) is 4.77. The number of hydrogen-bond acceptors (Lipinski definition) is 4. The number of nitrogens with zero attached hydrogens (tertiary/aromatic N) is 3. The molecule has 2 aromatic rings. The molecule has 1 aliphatic carbocycles. The Hall–Kier alpha value is -1.79. The van der Waals surface area contributed by atoms with Crippen LogP contribution < -0.4 is 0 Å². The van der Waals surface area contributed by atoms with Crippen molar-refractivity contribution in [3.63, 3.8) is 0 Å². The van der Waals surface area contributed by atoms with E-state index in [0.717, 1.165) is 23.7 Å². The van der Waals surface area contributed by atoms with Gasteiger partial charge in [0.15, 0.2) is 5.16 Å². The van der Waals surface area contributed by atoms with E-state index < -0.39 is 6.10 Å². The Balaban J connectivity index is 1.87. The minimum atomic E-state index is -0.433. The molecule has 1 N–H and O–H groups in total. The van der Waals surface area contributed by atoms with Gasteiger partial charge in [0.25, 0.3) is 5.91 Å². The fraction of sp³-hybridized carbons (Fsp3) is 0.412. The SMILES string of the molecule is CSc1ncc(C(=O)N(C)CC(O)C2CC2)n1-c1ccccc1. The highest BCUT2D eigenvalue weighted by molar-refractivity contribution is 7.98. The third-order valence-electron chi connectivity index (χ3n) is 4.12. The average molecular weight is 331 g/mol. The zero-order valence-corrected chi connectivity index (χ0v) is 14.2. The van der Waals surface area contributed by atoms with Crippen LogP contribution in [0.2, 0.25) is 0 Å². The Kier molecular flexibility index (Phi) is 4.73. The highest BCUT2D eigenvalue weighted by Gasteiger charge is 2.32.